The van der Waals surface area contributed by atoms with Crippen molar-refractivity contribution in [3.8, 4) is 22.6 Å². The molecule has 5 aromatic carbocycles. The molecule has 180 valence electrons. The van der Waals surface area contributed by atoms with E-state index >= 15 is 0 Å². The van der Waals surface area contributed by atoms with E-state index in [1.165, 1.54) is 5.56 Å². The topological polar surface area (TPSA) is 86.6 Å². The van der Waals surface area contributed by atoms with Gasteiger partial charge in [0.25, 0.3) is 10.0 Å². The third kappa shape index (κ3) is 3.74. The monoisotopic (exact) mass is 495 g/mol. The van der Waals surface area contributed by atoms with E-state index in [0.29, 0.717) is 27.6 Å². The van der Waals surface area contributed by atoms with E-state index in [-0.39, 0.29) is 16.4 Å². The molecule has 0 aromatic heterocycles. The van der Waals surface area contributed by atoms with Gasteiger partial charge in [0.15, 0.2) is 0 Å². The smallest absolute Gasteiger partial charge is 0.261 e. The highest BCUT2D eigenvalue weighted by Crippen LogP contribution is 2.46. The summed E-state index contributed by atoms with van der Waals surface area (Å²) in [6.07, 6.45) is 4.04. The van der Waals surface area contributed by atoms with Gasteiger partial charge in [-0.05, 0) is 71.8 Å². The Morgan fingerprint density at radius 3 is 2.19 bits per heavy atom. The average molecular weight is 496 g/mol. The molecule has 6 heteroatoms. The molecule has 0 heterocycles. The van der Waals surface area contributed by atoms with Gasteiger partial charge in [-0.25, -0.2) is 8.42 Å². The fourth-order valence-electron chi connectivity index (χ4n) is 5.26. The molecule has 5 nitrogen and oxygen atoms in total. The van der Waals surface area contributed by atoms with E-state index in [2.05, 4.69) is 4.72 Å². The van der Waals surface area contributed by atoms with Crippen molar-refractivity contribution in [3.63, 3.8) is 0 Å². The number of sulfonamides is 1. The van der Waals surface area contributed by atoms with Crippen LogP contribution in [-0.4, -0.2) is 18.6 Å². The first kappa shape index (κ1) is 22.4. The van der Waals surface area contributed by atoms with Gasteiger partial charge in [0.1, 0.15) is 11.5 Å². The molecule has 0 saturated carbocycles. The molecule has 6 rings (SSSR count). The fourth-order valence-corrected chi connectivity index (χ4v) is 6.38. The molecular formula is C30H25NO4S. The minimum atomic E-state index is -3.90. The highest BCUT2D eigenvalue weighted by Gasteiger charge is 2.22. The van der Waals surface area contributed by atoms with Crippen molar-refractivity contribution < 1.29 is 18.6 Å². The Labute approximate surface area is 209 Å². The summed E-state index contributed by atoms with van der Waals surface area (Å²) in [7, 11) is -3.90. The Kier molecular flexibility index (Phi) is 5.34. The maximum absolute atomic E-state index is 13.5. The van der Waals surface area contributed by atoms with Gasteiger partial charge in [0.2, 0.25) is 0 Å². The molecule has 0 atom stereocenters. The Bertz CT molecular complexity index is 1760. The number of hydrogen-bond donors (Lipinski definition) is 3. The zero-order chi connectivity index (χ0) is 24.9. The molecule has 5 aromatic rings. The highest BCUT2D eigenvalue weighted by atomic mass is 32.2. The van der Waals surface area contributed by atoms with E-state index in [1.54, 1.807) is 48.5 Å². The van der Waals surface area contributed by atoms with Crippen molar-refractivity contribution in [2.75, 3.05) is 4.72 Å². The standard InChI is InChI=1S/C30H25NO4S/c32-28-16-14-20-8-3-4-10-23(20)29(28)26-18-27(24-11-5-6-12-25(24)30(26)33)31-36(34,35)22-15-13-19-7-1-2-9-21(19)17-22/h3-6,8,10-18,31-33H,1-2,7,9H2. The van der Waals surface area contributed by atoms with Gasteiger partial charge in [-0.1, -0.05) is 60.7 Å². The van der Waals surface area contributed by atoms with Crippen LogP contribution in [-0.2, 0) is 22.9 Å². The van der Waals surface area contributed by atoms with Crippen LogP contribution in [0.2, 0.25) is 0 Å². The Balaban J connectivity index is 1.54. The predicted octanol–water partition coefficient (Wildman–Crippen LogP) is 6.75. The number of aromatic hydroxyl groups is 2. The first-order chi connectivity index (χ1) is 17.4. The lowest BCUT2D eigenvalue weighted by Gasteiger charge is -2.19. The molecule has 0 amide bonds. The minimum absolute atomic E-state index is 0.00257. The van der Waals surface area contributed by atoms with E-state index in [0.717, 1.165) is 42.0 Å². The molecule has 3 N–H and O–H groups in total. The summed E-state index contributed by atoms with van der Waals surface area (Å²) in [5.41, 5.74) is 3.44. The van der Waals surface area contributed by atoms with E-state index < -0.39 is 10.0 Å². The summed E-state index contributed by atoms with van der Waals surface area (Å²) in [6.45, 7) is 0. The number of hydrogen-bond acceptors (Lipinski definition) is 4. The van der Waals surface area contributed by atoms with Crippen LogP contribution in [0.1, 0.15) is 24.0 Å². The SMILES string of the molecule is O=S(=O)(Nc1cc(-c2c(O)ccc3ccccc23)c(O)c2ccccc12)c1ccc2c(c1)CCCC2. The molecular weight excluding hydrogens is 470 g/mol. The summed E-state index contributed by atoms with van der Waals surface area (Å²) < 4.78 is 29.8. The molecule has 0 radical (unpaired) electrons. The lowest BCUT2D eigenvalue weighted by atomic mass is 9.92. The van der Waals surface area contributed by atoms with Gasteiger partial charge >= 0.3 is 0 Å². The van der Waals surface area contributed by atoms with Gasteiger partial charge < -0.3 is 10.2 Å². The van der Waals surface area contributed by atoms with E-state index in [1.807, 2.05) is 36.4 Å². The van der Waals surface area contributed by atoms with E-state index in [9.17, 15) is 18.6 Å². The zero-order valence-electron chi connectivity index (χ0n) is 19.5. The van der Waals surface area contributed by atoms with Crippen molar-refractivity contribution in [2.24, 2.45) is 0 Å². The number of rotatable bonds is 4. The normalized spacial score (nSPS) is 13.6. The Morgan fingerprint density at radius 2 is 1.39 bits per heavy atom. The number of nitrogens with one attached hydrogen (secondary N) is 1. The summed E-state index contributed by atoms with van der Waals surface area (Å²) in [5, 5.41) is 24.8. The number of phenols is 2. The minimum Gasteiger partial charge on any atom is -0.507 e. The summed E-state index contributed by atoms with van der Waals surface area (Å²) in [5.74, 6) is -0.0169. The van der Waals surface area contributed by atoms with Gasteiger partial charge in [-0.15, -0.1) is 0 Å². The zero-order valence-corrected chi connectivity index (χ0v) is 20.3. The molecule has 0 fully saturated rings. The van der Waals surface area contributed by atoms with Crippen LogP contribution >= 0.6 is 0 Å². The van der Waals surface area contributed by atoms with Crippen molar-refractivity contribution in [3.05, 3.63) is 96.1 Å². The van der Waals surface area contributed by atoms with Crippen LogP contribution in [0.5, 0.6) is 11.5 Å². The van der Waals surface area contributed by atoms with E-state index in [4.69, 9.17) is 0 Å². The Hall–Kier alpha value is -4.03. The molecule has 0 spiro atoms. The number of anilines is 1. The molecule has 0 bridgehead atoms. The second kappa shape index (κ2) is 8.57. The van der Waals surface area contributed by atoms with Gasteiger partial charge in [0.05, 0.1) is 10.6 Å². The number of aryl methyl sites for hydroxylation is 2. The molecule has 0 aliphatic heterocycles. The predicted molar refractivity (Wildman–Crippen MR) is 144 cm³/mol. The van der Waals surface area contributed by atoms with Crippen LogP contribution in [0.15, 0.2) is 89.8 Å². The molecule has 36 heavy (non-hydrogen) atoms. The molecule has 1 aliphatic rings. The molecule has 0 unspecified atom stereocenters. The lowest BCUT2D eigenvalue weighted by Crippen LogP contribution is -2.15. The van der Waals surface area contributed by atoms with Gasteiger partial charge in [0, 0.05) is 21.9 Å². The van der Waals surface area contributed by atoms with Crippen molar-refractivity contribution in [1.29, 1.82) is 0 Å². The second-order valence-corrected chi connectivity index (χ2v) is 11.0. The summed E-state index contributed by atoms with van der Waals surface area (Å²) >= 11 is 0. The first-order valence-electron chi connectivity index (χ1n) is 12.0. The van der Waals surface area contributed by atoms with Crippen molar-refractivity contribution in [2.45, 2.75) is 30.6 Å². The number of phenolic OH excluding ortho intramolecular Hbond substituents is 2. The third-order valence-electron chi connectivity index (χ3n) is 7.07. The average Bonchev–Trinajstić information content (AvgIpc) is 2.90. The van der Waals surface area contributed by atoms with Crippen molar-refractivity contribution in [1.82, 2.24) is 0 Å². The quantitative estimate of drug-likeness (QED) is 0.241. The van der Waals surface area contributed by atoms with Crippen molar-refractivity contribution >= 4 is 37.3 Å². The van der Waals surface area contributed by atoms with Crippen LogP contribution in [0.3, 0.4) is 0 Å². The van der Waals surface area contributed by atoms with Crippen LogP contribution in [0.25, 0.3) is 32.7 Å². The summed E-state index contributed by atoms with van der Waals surface area (Å²) in [6, 6.07) is 25.0. The van der Waals surface area contributed by atoms with Crippen LogP contribution in [0, 0.1) is 0 Å². The maximum Gasteiger partial charge on any atom is 0.261 e. The first-order valence-corrected chi connectivity index (χ1v) is 13.5. The maximum atomic E-state index is 13.5. The fraction of sp³-hybridized carbons (Fsp3) is 0.133. The van der Waals surface area contributed by atoms with Gasteiger partial charge in [-0.3, -0.25) is 4.72 Å². The Morgan fingerprint density at radius 1 is 0.694 bits per heavy atom. The lowest BCUT2D eigenvalue weighted by molar-refractivity contribution is 0.472. The van der Waals surface area contributed by atoms with Gasteiger partial charge in [-0.2, -0.15) is 0 Å². The molecule has 1 aliphatic carbocycles. The van der Waals surface area contributed by atoms with Crippen LogP contribution in [0.4, 0.5) is 5.69 Å². The second-order valence-electron chi connectivity index (χ2n) is 9.29. The highest BCUT2D eigenvalue weighted by molar-refractivity contribution is 7.92. The molecule has 0 saturated heterocycles. The number of fused-ring (bicyclic) bond motifs is 3. The largest absolute Gasteiger partial charge is 0.507 e. The number of benzene rings is 5. The third-order valence-corrected chi connectivity index (χ3v) is 8.43. The summed E-state index contributed by atoms with van der Waals surface area (Å²) in [4.78, 5) is 0.217. The van der Waals surface area contributed by atoms with Crippen LogP contribution < -0.4 is 4.72 Å².